The molecule has 0 aliphatic rings. The van der Waals surface area contributed by atoms with E-state index in [1.54, 1.807) is 6.08 Å². The molecule has 0 saturated carbocycles. The van der Waals surface area contributed by atoms with Crippen molar-refractivity contribution in [3.05, 3.63) is 48.6 Å². The maximum absolute atomic E-state index is 13.0. The number of phosphoric ester groups is 1. The van der Waals surface area contributed by atoms with Crippen LogP contribution in [0.3, 0.4) is 0 Å². The molecule has 0 aromatic rings. The van der Waals surface area contributed by atoms with E-state index in [-0.39, 0.29) is 19.1 Å². The molecule has 8 nitrogen and oxygen atoms in total. The molecule has 0 aliphatic carbocycles. The van der Waals surface area contributed by atoms with Gasteiger partial charge < -0.3 is 19.8 Å². The summed E-state index contributed by atoms with van der Waals surface area (Å²) < 4.78 is 23.8. The molecule has 0 aromatic carbocycles. The number of hydrogen-bond acceptors (Lipinski definition) is 5. The van der Waals surface area contributed by atoms with Crippen LogP contribution in [-0.4, -0.2) is 73.4 Å². The summed E-state index contributed by atoms with van der Waals surface area (Å²) in [7, 11) is 1.56. The number of allylic oxidation sites excluding steroid dienone is 7. The Morgan fingerprint density at radius 1 is 0.407 bits per heavy atom. The molecule has 3 unspecified atom stereocenters. The SMILES string of the molecule is CCCCCCCCCC/C=C\CCCCCCCCCCCCCCCCCC(=O)NC(COP(=O)(O)OCC[N+](C)(C)C)C(O)/C=C/CC/C=C/CC/C=C/CCCCCCCCCCCCCCCCCCCCCCCC. The van der Waals surface area contributed by atoms with Crippen molar-refractivity contribution in [2.75, 3.05) is 40.9 Å². The quantitative estimate of drug-likeness (QED) is 0.0243. The van der Waals surface area contributed by atoms with E-state index < -0.39 is 20.0 Å². The lowest BCUT2D eigenvalue weighted by Gasteiger charge is -2.25. The molecule has 478 valence electrons. The van der Waals surface area contributed by atoms with Crippen molar-refractivity contribution in [3.8, 4) is 0 Å². The van der Waals surface area contributed by atoms with Crippen molar-refractivity contribution in [1.82, 2.24) is 5.32 Å². The van der Waals surface area contributed by atoms with Gasteiger partial charge in [-0.1, -0.05) is 326 Å². The highest BCUT2D eigenvalue weighted by Crippen LogP contribution is 2.43. The van der Waals surface area contributed by atoms with Crippen molar-refractivity contribution in [3.63, 3.8) is 0 Å². The lowest BCUT2D eigenvalue weighted by molar-refractivity contribution is -0.870. The minimum atomic E-state index is -4.37. The molecule has 1 amide bonds. The number of likely N-dealkylation sites (N-methyl/N-ethyl adjacent to an activating group) is 1. The van der Waals surface area contributed by atoms with Crippen molar-refractivity contribution < 1.29 is 32.9 Å². The van der Waals surface area contributed by atoms with E-state index in [1.807, 2.05) is 27.2 Å². The largest absolute Gasteiger partial charge is 0.472 e. The zero-order chi connectivity index (χ0) is 59.1. The number of aliphatic hydroxyl groups is 1. The molecule has 0 rings (SSSR count). The van der Waals surface area contributed by atoms with Crippen LogP contribution in [0.2, 0.25) is 0 Å². The number of carbonyl (C=O) groups is 1. The van der Waals surface area contributed by atoms with Gasteiger partial charge in [0.2, 0.25) is 5.91 Å². The van der Waals surface area contributed by atoms with Crippen LogP contribution >= 0.6 is 7.82 Å². The van der Waals surface area contributed by atoms with Gasteiger partial charge in [0.25, 0.3) is 0 Å². The molecule has 0 saturated heterocycles. The van der Waals surface area contributed by atoms with Gasteiger partial charge in [-0.05, 0) is 70.6 Å². The third-order valence-corrected chi connectivity index (χ3v) is 17.2. The van der Waals surface area contributed by atoms with E-state index >= 15 is 0 Å². The fourth-order valence-electron chi connectivity index (χ4n) is 10.7. The standard InChI is InChI=1S/C72H139N2O6P/c1-6-8-10-12-14-16-18-20-22-24-26-28-30-32-34-35-36-37-38-40-41-43-45-47-49-51-53-55-57-59-61-63-65-71(75)70(69-80-81(77,78)79-68-67-74(3,4)5)73-72(76)66-64-62-60-58-56-54-52-50-48-46-44-42-39-33-31-29-27-25-23-21-19-17-15-13-11-9-7-2/h25,27,47,49,55,57,63,65,70-71,75H,6-24,26,28-46,48,50-54,56,58-62,64,66-69H2,1-5H3,(H-,73,76,77,78)/p+1/b27-25-,49-47+,57-55+,65-63+. The third-order valence-electron chi connectivity index (χ3n) is 16.2. The number of amides is 1. The van der Waals surface area contributed by atoms with Gasteiger partial charge in [0.15, 0.2) is 0 Å². The monoisotopic (exact) mass is 1160 g/mol. The highest BCUT2D eigenvalue weighted by atomic mass is 31.2. The number of hydrogen-bond donors (Lipinski definition) is 3. The molecule has 0 fully saturated rings. The Bertz CT molecular complexity index is 1460. The lowest BCUT2D eigenvalue weighted by Crippen LogP contribution is -2.45. The second-order valence-corrected chi connectivity index (χ2v) is 27.0. The topological polar surface area (TPSA) is 105 Å². The van der Waals surface area contributed by atoms with Gasteiger partial charge in [-0.2, -0.15) is 0 Å². The first-order valence-electron chi connectivity index (χ1n) is 35.5. The van der Waals surface area contributed by atoms with Gasteiger partial charge in [-0.25, -0.2) is 4.57 Å². The van der Waals surface area contributed by atoms with Crippen molar-refractivity contribution in [2.24, 2.45) is 0 Å². The van der Waals surface area contributed by atoms with E-state index in [2.05, 4.69) is 55.6 Å². The van der Waals surface area contributed by atoms with Crippen molar-refractivity contribution in [2.45, 2.75) is 366 Å². The molecule has 0 spiro atoms. The summed E-state index contributed by atoms with van der Waals surface area (Å²) in [5.41, 5.74) is 0. The molecule has 3 N–H and O–H groups in total. The Morgan fingerprint density at radius 3 is 0.988 bits per heavy atom. The van der Waals surface area contributed by atoms with E-state index in [0.29, 0.717) is 17.4 Å². The molecule has 0 bridgehead atoms. The number of nitrogens with zero attached hydrogens (tertiary/aromatic N) is 1. The summed E-state index contributed by atoms with van der Waals surface area (Å²) in [6.07, 6.45) is 85.6. The molecule has 9 heteroatoms. The number of unbranched alkanes of at least 4 members (excludes halogenated alkanes) is 47. The summed E-state index contributed by atoms with van der Waals surface area (Å²) in [5.74, 6) is -0.186. The predicted octanol–water partition coefficient (Wildman–Crippen LogP) is 22.6. The molecule has 0 aliphatic heterocycles. The number of aliphatic hydroxyl groups excluding tert-OH is 1. The normalized spacial score (nSPS) is 13.9. The molecular formula is C72H140N2O6P+. The van der Waals surface area contributed by atoms with Crippen LogP contribution in [0, 0.1) is 0 Å². The third kappa shape index (κ3) is 65.9. The number of nitrogens with one attached hydrogen (secondary N) is 1. The van der Waals surface area contributed by atoms with E-state index in [9.17, 15) is 19.4 Å². The maximum Gasteiger partial charge on any atom is 0.472 e. The fraction of sp³-hybridized carbons (Fsp3) is 0.875. The zero-order valence-electron chi connectivity index (χ0n) is 54.8. The zero-order valence-corrected chi connectivity index (χ0v) is 55.7. The molecule has 3 atom stereocenters. The minimum Gasteiger partial charge on any atom is -0.387 e. The van der Waals surface area contributed by atoms with Gasteiger partial charge in [0, 0.05) is 6.42 Å². The van der Waals surface area contributed by atoms with Crippen LogP contribution in [0.15, 0.2) is 48.6 Å². The fourth-order valence-corrected chi connectivity index (χ4v) is 11.5. The van der Waals surface area contributed by atoms with Crippen molar-refractivity contribution >= 4 is 13.7 Å². The number of carbonyl (C=O) groups excluding carboxylic acids is 1. The van der Waals surface area contributed by atoms with E-state index in [0.717, 1.165) is 44.9 Å². The molecule has 0 aromatic heterocycles. The van der Waals surface area contributed by atoms with Crippen LogP contribution in [-0.2, 0) is 18.4 Å². The van der Waals surface area contributed by atoms with Gasteiger partial charge >= 0.3 is 7.82 Å². The molecule has 0 heterocycles. The molecular weight excluding hydrogens is 1020 g/mol. The molecule has 0 radical (unpaired) electrons. The number of rotatable bonds is 66. The Hall–Kier alpha value is -1.54. The smallest absolute Gasteiger partial charge is 0.387 e. The summed E-state index contributed by atoms with van der Waals surface area (Å²) >= 11 is 0. The second kappa shape index (κ2) is 63.0. The first-order chi connectivity index (χ1) is 39.5. The summed E-state index contributed by atoms with van der Waals surface area (Å²) in [6, 6.07) is -0.872. The average molecular weight is 1160 g/mol. The maximum atomic E-state index is 13.0. The Morgan fingerprint density at radius 2 is 0.679 bits per heavy atom. The van der Waals surface area contributed by atoms with Crippen LogP contribution in [0.4, 0.5) is 0 Å². The highest BCUT2D eigenvalue weighted by molar-refractivity contribution is 7.47. The predicted molar refractivity (Wildman–Crippen MR) is 355 cm³/mol. The summed E-state index contributed by atoms with van der Waals surface area (Å²) in [4.78, 5) is 23.4. The Kier molecular flexibility index (Phi) is 61.8. The lowest BCUT2D eigenvalue weighted by atomic mass is 10.0. The van der Waals surface area contributed by atoms with Crippen LogP contribution < -0.4 is 5.32 Å². The highest BCUT2D eigenvalue weighted by Gasteiger charge is 2.28. The first kappa shape index (κ1) is 79.5. The Balaban J connectivity index is 4.11. The van der Waals surface area contributed by atoms with Crippen LogP contribution in [0.5, 0.6) is 0 Å². The summed E-state index contributed by atoms with van der Waals surface area (Å²) in [6.45, 7) is 4.84. The first-order valence-corrected chi connectivity index (χ1v) is 37.0. The number of phosphoric acid groups is 1. The average Bonchev–Trinajstić information content (AvgIpc) is 3.43. The minimum absolute atomic E-state index is 0.0540. The van der Waals surface area contributed by atoms with Gasteiger partial charge in [0.1, 0.15) is 13.2 Å². The van der Waals surface area contributed by atoms with Crippen molar-refractivity contribution in [1.29, 1.82) is 0 Å². The van der Waals surface area contributed by atoms with E-state index in [1.165, 1.54) is 289 Å². The molecule has 81 heavy (non-hydrogen) atoms. The Labute approximate surface area is 505 Å². The van der Waals surface area contributed by atoms with Crippen LogP contribution in [0.25, 0.3) is 0 Å². The van der Waals surface area contributed by atoms with Gasteiger partial charge in [-0.3, -0.25) is 13.8 Å². The second-order valence-electron chi connectivity index (χ2n) is 25.6. The van der Waals surface area contributed by atoms with E-state index in [4.69, 9.17) is 9.05 Å². The summed E-state index contributed by atoms with van der Waals surface area (Å²) in [5, 5.41) is 14.0. The van der Waals surface area contributed by atoms with Crippen LogP contribution in [0.1, 0.15) is 354 Å². The van der Waals surface area contributed by atoms with Gasteiger partial charge in [0.05, 0.1) is 39.9 Å². The number of quaternary nitrogens is 1. The van der Waals surface area contributed by atoms with Gasteiger partial charge in [-0.15, -0.1) is 0 Å².